The summed E-state index contributed by atoms with van der Waals surface area (Å²) in [6.45, 7) is 5.06. The van der Waals surface area contributed by atoms with Crippen molar-refractivity contribution in [1.82, 2.24) is 4.98 Å². The van der Waals surface area contributed by atoms with Crippen LogP contribution in [0.15, 0.2) is 23.7 Å². The van der Waals surface area contributed by atoms with Crippen LogP contribution in [0.5, 0.6) is 0 Å². The monoisotopic (exact) mass is 255 g/mol. The largest absolute Gasteiger partial charge is 0.462 e. The van der Waals surface area contributed by atoms with E-state index in [0.29, 0.717) is 10.6 Å². The third kappa shape index (κ3) is 5.26. The summed E-state index contributed by atoms with van der Waals surface area (Å²) in [7, 11) is 0. The lowest BCUT2D eigenvalue weighted by Gasteiger charge is -2.05. The van der Waals surface area contributed by atoms with Crippen molar-refractivity contribution < 1.29 is 19.1 Å². The number of nitrogens with zero attached hydrogens (tertiary/aromatic N) is 1. The fourth-order valence-corrected chi connectivity index (χ4v) is 1.53. The standard InChI is InChI=1S/C11H13NO4S/c1-8(2)11(14)16-5-4-15-10(13)7-9-12-3-6-17-9/h3,6H,1,4-5,7H2,2H3. The average molecular weight is 255 g/mol. The van der Waals surface area contributed by atoms with Crippen LogP contribution in [-0.2, 0) is 25.5 Å². The van der Waals surface area contributed by atoms with Gasteiger partial charge in [-0.1, -0.05) is 6.58 Å². The molecule has 0 aliphatic heterocycles. The predicted octanol–water partition coefficient (Wildman–Crippen LogP) is 1.35. The van der Waals surface area contributed by atoms with Gasteiger partial charge in [0, 0.05) is 17.2 Å². The summed E-state index contributed by atoms with van der Waals surface area (Å²) in [5.41, 5.74) is 0.319. The molecule has 0 aliphatic carbocycles. The molecule has 0 bridgehead atoms. The van der Waals surface area contributed by atoms with E-state index in [4.69, 9.17) is 9.47 Å². The molecule has 0 atom stereocenters. The van der Waals surface area contributed by atoms with Crippen LogP contribution in [0.4, 0.5) is 0 Å². The highest BCUT2D eigenvalue weighted by Crippen LogP contribution is 2.05. The van der Waals surface area contributed by atoms with E-state index in [1.165, 1.54) is 11.3 Å². The van der Waals surface area contributed by atoms with Gasteiger partial charge in [0.05, 0.1) is 6.42 Å². The second-order valence-corrected chi connectivity index (χ2v) is 4.22. The minimum absolute atomic E-state index is 0.0370. The van der Waals surface area contributed by atoms with Crippen LogP contribution >= 0.6 is 11.3 Å². The molecule has 0 spiro atoms. The summed E-state index contributed by atoms with van der Waals surface area (Å²) in [4.78, 5) is 26.2. The van der Waals surface area contributed by atoms with Gasteiger partial charge in [-0.3, -0.25) is 4.79 Å². The van der Waals surface area contributed by atoms with Gasteiger partial charge >= 0.3 is 11.9 Å². The number of hydrogen-bond donors (Lipinski definition) is 0. The Labute approximate surface area is 103 Å². The van der Waals surface area contributed by atoms with E-state index in [1.54, 1.807) is 18.5 Å². The van der Waals surface area contributed by atoms with E-state index in [2.05, 4.69) is 11.6 Å². The van der Waals surface area contributed by atoms with Crippen LogP contribution in [0.3, 0.4) is 0 Å². The molecule has 5 nitrogen and oxygen atoms in total. The minimum Gasteiger partial charge on any atom is -0.462 e. The average Bonchev–Trinajstić information content (AvgIpc) is 2.76. The van der Waals surface area contributed by atoms with E-state index in [0.717, 1.165) is 0 Å². The summed E-state index contributed by atoms with van der Waals surface area (Å²) in [5, 5.41) is 2.49. The molecule has 0 N–H and O–H groups in total. The van der Waals surface area contributed by atoms with E-state index >= 15 is 0 Å². The van der Waals surface area contributed by atoms with E-state index < -0.39 is 5.97 Å². The van der Waals surface area contributed by atoms with Gasteiger partial charge in [0.15, 0.2) is 0 Å². The molecule has 1 aromatic heterocycles. The summed E-state index contributed by atoms with van der Waals surface area (Å²) in [5.74, 6) is -0.868. The molecular formula is C11H13NO4S. The number of thiazole rings is 1. The Balaban J connectivity index is 2.12. The van der Waals surface area contributed by atoms with Crippen molar-refractivity contribution >= 4 is 23.3 Å². The Morgan fingerprint density at radius 2 is 2.12 bits per heavy atom. The first-order valence-electron chi connectivity index (χ1n) is 4.96. The Hall–Kier alpha value is -1.69. The second-order valence-electron chi connectivity index (χ2n) is 3.24. The molecule has 1 aromatic rings. The van der Waals surface area contributed by atoms with E-state index in [1.807, 2.05) is 0 Å². The number of rotatable bonds is 6. The van der Waals surface area contributed by atoms with Gasteiger partial charge in [-0.05, 0) is 6.92 Å². The Morgan fingerprint density at radius 1 is 1.41 bits per heavy atom. The smallest absolute Gasteiger partial charge is 0.333 e. The van der Waals surface area contributed by atoms with Gasteiger partial charge in [-0.15, -0.1) is 11.3 Å². The Morgan fingerprint density at radius 3 is 2.71 bits per heavy atom. The summed E-state index contributed by atoms with van der Waals surface area (Å²) in [6.07, 6.45) is 1.77. The normalized spacial score (nSPS) is 9.71. The molecule has 0 aliphatic rings. The van der Waals surface area contributed by atoms with Crippen molar-refractivity contribution in [1.29, 1.82) is 0 Å². The SMILES string of the molecule is C=C(C)C(=O)OCCOC(=O)Cc1nccs1. The van der Waals surface area contributed by atoms with Crippen LogP contribution in [-0.4, -0.2) is 30.1 Å². The first kappa shape index (κ1) is 13.4. The van der Waals surface area contributed by atoms with Crippen LogP contribution in [0, 0.1) is 0 Å². The Bertz CT molecular complexity index is 400. The third-order valence-corrected chi connectivity index (χ3v) is 2.49. The fraction of sp³-hybridized carbons (Fsp3) is 0.364. The van der Waals surface area contributed by atoms with Crippen LogP contribution in [0.2, 0.25) is 0 Å². The van der Waals surface area contributed by atoms with Crippen molar-refractivity contribution in [3.05, 3.63) is 28.7 Å². The van der Waals surface area contributed by atoms with Crippen molar-refractivity contribution in [3.63, 3.8) is 0 Å². The molecule has 0 amide bonds. The van der Waals surface area contributed by atoms with Crippen molar-refractivity contribution in [3.8, 4) is 0 Å². The minimum atomic E-state index is -0.485. The summed E-state index contributed by atoms with van der Waals surface area (Å²) < 4.78 is 9.63. The molecular weight excluding hydrogens is 242 g/mol. The maximum atomic E-state index is 11.3. The van der Waals surface area contributed by atoms with E-state index in [9.17, 15) is 9.59 Å². The number of aromatic nitrogens is 1. The number of carbonyl (C=O) groups excluding carboxylic acids is 2. The molecule has 0 saturated carbocycles. The molecule has 0 aromatic carbocycles. The van der Waals surface area contributed by atoms with Crippen molar-refractivity contribution in [2.75, 3.05) is 13.2 Å². The zero-order valence-corrected chi connectivity index (χ0v) is 10.3. The number of esters is 2. The topological polar surface area (TPSA) is 65.5 Å². The number of carbonyl (C=O) groups is 2. The molecule has 6 heteroatoms. The van der Waals surface area contributed by atoms with Gasteiger partial charge in [-0.25, -0.2) is 9.78 Å². The predicted molar refractivity (Wildman–Crippen MR) is 62.6 cm³/mol. The first-order valence-corrected chi connectivity index (χ1v) is 5.84. The highest BCUT2D eigenvalue weighted by molar-refractivity contribution is 7.09. The molecule has 1 rings (SSSR count). The molecule has 0 radical (unpaired) electrons. The van der Waals surface area contributed by atoms with Gasteiger partial charge in [0.2, 0.25) is 0 Å². The molecule has 17 heavy (non-hydrogen) atoms. The third-order valence-electron chi connectivity index (χ3n) is 1.71. The van der Waals surface area contributed by atoms with Crippen LogP contribution in [0.25, 0.3) is 0 Å². The second kappa shape index (κ2) is 6.80. The fourth-order valence-electron chi connectivity index (χ4n) is 0.928. The highest BCUT2D eigenvalue weighted by atomic mass is 32.1. The molecule has 1 heterocycles. The number of ether oxygens (including phenoxy) is 2. The lowest BCUT2D eigenvalue weighted by atomic mass is 10.4. The Kier molecular flexibility index (Phi) is 5.35. The number of hydrogen-bond acceptors (Lipinski definition) is 6. The van der Waals surface area contributed by atoms with Crippen LogP contribution < -0.4 is 0 Å². The highest BCUT2D eigenvalue weighted by Gasteiger charge is 2.07. The maximum Gasteiger partial charge on any atom is 0.333 e. The van der Waals surface area contributed by atoms with Gasteiger partial charge in [-0.2, -0.15) is 0 Å². The first-order chi connectivity index (χ1) is 8.09. The van der Waals surface area contributed by atoms with E-state index in [-0.39, 0.29) is 25.6 Å². The van der Waals surface area contributed by atoms with Gasteiger partial charge in [0.25, 0.3) is 0 Å². The zero-order valence-electron chi connectivity index (χ0n) is 9.47. The van der Waals surface area contributed by atoms with Crippen LogP contribution in [0.1, 0.15) is 11.9 Å². The molecule has 0 unspecified atom stereocenters. The van der Waals surface area contributed by atoms with Crippen molar-refractivity contribution in [2.45, 2.75) is 13.3 Å². The molecule has 0 fully saturated rings. The summed E-state index contributed by atoms with van der Waals surface area (Å²) >= 11 is 1.39. The molecule has 0 saturated heterocycles. The molecule has 92 valence electrons. The quantitative estimate of drug-likeness (QED) is 0.436. The van der Waals surface area contributed by atoms with Gasteiger partial charge < -0.3 is 9.47 Å². The van der Waals surface area contributed by atoms with Crippen molar-refractivity contribution in [2.24, 2.45) is 0 Å². The maximum absolute atomic E-state index is 11.3. The summed E-state index contributed by atoms with van der Waals surface area (Å²) in [6, 6.07) is 0. The lowest BCUT2D eigenvalue weighted by Crippen LogP contribution is -2.15. The lowest BCUT2D eigenvalue weighted by molar-refractivity contribution is -0.149. The zero-order chi connectivity index (χ0) is 12.7. The van der Waals surface area contributed by atoms with Gasteiger partial charge in [0.1, 0.15) is 18.2 Å².